The summed E-state index contributed by atoms with van der Waals surface area (Å²) in [7, 11) is 0. The topological polar surface area (TPSA) is 71.5 Å². The number of thiazole rings is 1. The Morgan fingerprint density at radius 3 is 2.55 bits per heavy atom. The van der Waals surface area contributed by atoms with Crippen molar-refractivity contribution in [3.63, 3.8) is 0 Å². The number of aryl methyl sites for hydroxylation is 1. The molecule has 22 heavy (non-hydrogen) atoms. The molecule has 3 heterocycles. The van der Waals surface area contributed by atoms with Gasteiger partial charge in [-0.2, -0.15) is 0 Å². The van der Waals surface area contributed by atoms with Crippen molar-refractivity contribution < 1.29 is 14.3 Å². The first-order chi connectivity index (χ1) is 10.1. The first-order valence-electron chi connectivity index (χ1n) is 7.32. The lowest BCUT2D eigenvalue weighted by Crippen LogP contribution is -2.59. The van der Waals surface area contributed by atoms with Crippen molar-refractivity contribution in [2.24, 2.45) is 0 Å². The first kappa shape index (κ1) is 15.4. The summed E-state index contributed by atoms with van der Waals surface area (Å²) in [6.07, 6.45) is 0.463. The lowest BCUT2D eigenvalue weighted by Gasteiger charge is -2.33. The van der Waals surface area contributed by atoms with Gasteiger partial charge >= 0.3 is 6.03 Å². The second-order valence-electron chi connectivity index (χ2n) is 7.16. The van der Waals surface area contributed by atoms with E-state index in [0.29, 0.717) is 6.42 Å². The van der Waals surface area contributed by atoms with E-state index in [1.807, 2.05) is 40.0 Å². The SMILES string of the molecule is Cc1csc(CN2C(=O)N[C@]3(CC(C)(C)OC3(C)C)C2=O)n1. The van der Waals surface area contributed by atoms with Gasteiger partial charge < -0.3 is 10.1 Å². The standard InChI is InChI=1S/C15H21N3O3S/c1-9-7-22-10(16-9)6-18-11(19)15(17-12(18)20)8-13(2,3)21-14(15,4)5/h7H,6,8H2,1-5H3,(H,17,20)/t15-/m1/s1. The number of rotatable bonds is 2. The number of nitrogens with zero attached hydrogens (tertiary/aromatic N) is 2. The first-order valence-corrected chi connectivity index (χ1v) is 8.20. The number of carbonyl (C=O) groups excluding carboxylic acids is 2. The van der Waals surface area contributed by atoms with Crippen LogP contribution in [-0.2, 0) is 16.1 Å². The highest BCUT2D eigenvalue weighted by molar-refractivity contribution is 7.09. The van der Waals surface area contributed by atoms with E-state index in [-0.39, 0.29) is 18.5 Å². The van der Waals surface area contributed by atoms with Crippen LogP contribution in [0.5, 0.6) is 0 Å². The van der Waals surface area contributed by atoms with Crippen LogP contribution in [-0.4, -0.2) is 38.6 Å². The quantitative estimate of drug-likeness (QED) is 0.847. The third kappa shape index (κ3) is 2.14. The van der Waals surface area contributed by atoms with Crippen LogP contribution in [0.2, 0.25) is 0 Å². The molecule has 0 aromatic carbocycles. The maximum Gasteiger partial charge on any atom is 0.325 e. The minimum Gasteiger partial charge on any atom is -0.367 e. The van der Waals surface area contributed by atoms with Crippen LogP contribution in [0, 0.1) is 6.92 Å². The van der Waals surface area contributed by atoms with E-state index >= 15 is 0 Å². The third-order valence-corrected chi connectivity index (χ3v) is 5.34. The minimum absolute atomic E-state index is 0.210. The molecule has 1 N–H and O–H groups in total. The van der Waals surface area contributed by atoms with Crippen LogP contribution >= 0.6 is 11.3 Å². The van der Waals surface area contributed by atoms with E-state index in [1.165, 1.54) is 16.2 Å². The van der Waals surface area contributed by atoms with Gasteiger partial charge in [0.15, 0.2) is 5.54 Å². The zero-order valence-electron chi connectivity index (χ0n) is 13.5. The Bertz CT molecular complexity index is 652. The van der Waals surface area contributed by atoms with E-state index in [9.17, 15) is 9.59 Å². The predicted octanol–water partition coefficient (Wildman–Crippen LogP) is 2.22. The summed E-state index contributed by atoms with van der Waals surface area (Å²) in [4.78, 5) is 31.0. The number of urea groups is 1. The Hall–Kier alpha value is -1.47. The molecule has 2 aliphatic heterocycles. The van der Waals surface area contributed by atoms with Crippen molar-refractivity contribution >= 4 is 23.3 Å². The highest BCUT2D eigenvalue weighted by Gasteiger charge is 2.67. The lowest BCUT2D eigenvalue weighted by atomic mass is 9.79. The van der Waals surface area contributed by atoms with Crippen molar-refractivity contribution in [1.29, 1.82) is 0 Å². The Labute approximate surface area is 133 Å². The number of imide groups is 1. The summed E-state index contributed by atoms with van der Waals surface area (Å²) in [5, 5.41) is 5.56. The molecule has 0 saturated carbocycles. The Morgan fingerprint density at radius 2 is 2.05 bits per heavy atom. The summed E-state index contributed by atoms with van der Waals surface area (Å²) in [6, 6.07) is -0.368. The lowest BCUT2D eigenvalue weighted by molar-refractivity contribution is -0.138. The van der Waals surface area contributed by atoms with Gasteiger partial charge in [-0.25, -0.2) is 9.78 Å². The average molecular weight is 323 g/mol. The number of hydrogen-bond donors (Lipinski definition) is 1. The van der Waals surface area contributed by atoms with Crippen LogP contribution in [0.1, 0.15) is 44.8 Å². The smallest absolute Gasteiger partial charge is 0.325 e. The van der Waals surface area contributed by atoms with Crippen LogP contribution in [0.4, 0.5) is 4.79 Å². The van der Waals surface area contributed by atoms with Gasteiger partial charge in [0, 0.05) is 17.5 Å². The van der Waals surface area contributed by atoms with Crippen molar-refractivity contribution in [2.75, 3.05) is 0 Å². The zero-order valence-corrected chi connectivity index (χ0v) is 14.3. The molecule has 3 rings (SSSR count). The summed E-state index contributed by atoms with van der Waals surface area (Å²) in [6.45, 7) is 9.70. The molecule has 1 aromatic heterocycles. The van der Waals surface area contributed by atoms with Gasteiger partial charge in [-0.05, 0) is 34.6 Å². The van der Waals surface area contributed by atoms with Crippen LogP contribution in [0.25, 0.3) is 0 Å². The van der Waals surface area contributed by atoms with E-state index in [1.54, 1.807) is 0 Å². The molecule has 1 spiro atoms. The van der Waals surface area contributed by atoms with Crippen molar-refractivity contribution in [3.05, 3.63) is 16.1 Å². The average Bonchev–Trinajstić information content (AvgIpc) is 2.91. The molecule has 1 atom stereocenters. The fraction of sp³-hybridized carbons (Fsp3) is 0.667. The molecule has 0 aliphatic carbocycles. The molecule has 2 aliphatic rings. The summed E-state index contributed by atoms with van der Waals surface area (Å²) in [5.74, 6) is -0.221. The van der Waals surface area contributed by atoms with Gasteiger partial charge in [-0.15, -0.1) is 11.3 Å². The molecular weight excluding hydrogens is 302 g/mol. The molecule has 6 nitrogen and oxygen atoms in total. The van der Waals surface area contributed by atoms with Gasteiger partial charge in [0.25, 0.3) is 5.91 Å². The maximum absolute atomic E-state index is 13.0. The second-order valence-corrected chi connectivity index (χ2v) is 8.10. The van der Waals surface area contributed by atoms with Crippen LogP contribution < -0.4 is 5.32 Å². The van der Waals surface area contributed by atoms with E-state index in [4.69, 9.17) is 4.74 Å². The van der Waals surface area contributed by atoms with Crippen molar-refractivity contribution in [1.82, 2.24) is 15.2 Å². The highest BCUT2D eigenvalue weighted by atomic mass is 32.1. The van der Waals surface area contributed by atoms with Crippen LogP contribution in [0.15, 0.2) is 5.38 Å². The van der Waals surface area contributed by atoms with Gasteiger partial charge in [-0.1, -0.05) is 0 Å². The number of hydrogen-bond acceptors (Lipinski definition) is 5. The van der Waals surface area contributed by atoms with Crippen LogP contribution in [0.3, 0.4) is 0 Å². The molecule has 1 aromatic rings. The number of ether oxygens (including phenoxy) is 1. The third-order valence-electron chi connectivity index (χ3n) is 4.39. The fourth-order valence-corrected chi connectivity index (χ4v) is 4.33. The number of carbonyl (C=O) groups is 2. The predicted molar refractivity (Wildman–Crippen MR) is 82.5 cm³/mol. The normalized spacial score (nSPS) is 29.4. The Balaban J connectivity index is 1.91. The monoisotopic (exact) mass is 323 g/mol. The van der Waals surface area contributed by atoms with Gasteiger partial charge in [0.05, 0.1) is 17.7 Å². The summed E-state index contributed by atoms with van der Waals surface area (Å²) in [5.41, 5.74) is -1.32. The largest absolute Gasteiger partial charge is 0.367 e. The Morgan fingerprint density at radius 1 is 1.36 bits per heavy atom. The van der Waals surface area contributed by atoms with E-state index in [0.717, 1.165) is 10.7 Å². The van der Waals surface area contributed by atoms with E-state index < -0.39 is 16.7 Å². The molecule has 0 bridgehead atoms. The van der Waals surface area contributed by atoms with Crippen molar-refractivity contribution in [2.45, 2.75) is 64.3 Å². The molecule has 2 fully saturated rings. The zero-order chi connectivity index (χ0) is 16.3. The maximum atomic E-state index is 13.0. The van der Waals surface area contributed by atoms with Gasteiger partial charge in [0.1, 0.15) is 5.01 Å². The molecule has 2 saturated heterocycles. The van der Waals surface area contributed by atoms with Crippen molar-refractivity contribution in [3.8, 4) is 0 Å². The number of aromatic nitrogens is 1. The Kier molecular flexibility index (Phi) is 3.17. The molecule has 0 unspecified atom stereocenters. The molecule has 0 radical (unpaired) electrons. The van der Waals surface area contributed by atoms with E-state index in [2.05, 4.69) is 10.3 Å². The van der Waals surface area contributed by atoms with Gasteiger partial charge in [-0.3, -0.25) is 9.69 Å². The molecule has 3 amide bonds. The fourth-order valence-electron chi connectivity index (χ4n) is 3.57. The summed E-state index contributed by atoms with van der Waals surface area (Å²) < 4.78 is 6.02. The summed E-state index contributed by atoms with van der Waals surface area (Å²) >= 11 is 1.45. The highest BCUT2D eigenvalue weighted by Crippen LogP contribution is 2.48. The second kappa shape index (κ2) is 4.52. The molecule has 7 heteroatoms. The number of nitrogens with one attached hydrogen (secondary N) is 1. The molecule has 120 valence electrons. The number of amides is 3. The minimum atomic E-state index is -1.00. The molecular formula is C15H21N3O3S. The van der Waals surface area contributed by atoms with Gasteiger partial charge in [0.2, 0.25) is 0 Å².